The van der Waals surface area contributed by atoms with Gasteiger partial charge in [0.25, 0.3) is 0 Å². The molecule has 0 aliphatic heterocycles. The van der Waals surface area contributed by atoms with E-state index in [0.29, 0.717) is 19.3 Å². The molecule has 0 aromatic carbocycles. The highest BCUT2D eigenvalue weighted by Gasteiger charge is 2.10. The topological polar surface area (TPSA) is 80.7 Å². The molecule has 346 valence electrons. The van der Waals surface area contributed by atoms with E-state index in [4.69, 9.17) is 9.84 Å². The number of hydrogen-bond donors (Lipinski definition) is 1. The van der Waals surface area contributed by atoms with Crippen LogP contribution in [0, 0.1) is 0 Å². The lowest BCUT2D eigenvalue weighted by Crippen LogP contribution is -2.11. The van der Waals surface area contributed by atoms with Crippen LogP contribution in [-0.2, 0) is 19.1 Å². The first-order valence-electron chi connectivity index (χ1n) is 25.9. The number of carbonyl (C=O) groups excluding carboxylic acids is 2. The molecule has 0 aromatic rings. The summed E-state index contributed by atoms with van der Waals surface area (Å²) in [6, 6.07) is 0. The Morgan fingerprint density at radius 1 is 0.305 bits per heavy atom. The van der Waals surface area contributed by atoms with Crippen LogP contribution in [0.5, 0.6) is 0 Å². The highest BCUT2D eigenvalue weighted by Crippen LogP contribution is 2.14. The van der Waals surface area contributed by atoms with Crippen LogP contribution in [-0.4, -0.2) is 23.0 Å². The van der Waals surface area contributed by atoms with Gasteiger partial charge in [0.15, 0.2) is 0 Å². The molecular formula is C54H100O5. The number of aliphatic carboxylic acids is 1. The van der Waals surface area contributed by atoms with Crippen LogP contribution >= 0.6 is 0 Å². The van der Waals surface area contributed by atoms with Crippen LogP contribution in [0.15, 0.2) is 36.5 Å². The molecule has 0 unspecified atom stereocenters. The van der Waals surface area contributed by atoms with Crippen molar-refractivity contribution in [3.63, 3.8) is 0 Å². The number of carboxylic acids is 1. The third-order valence-corrected chi connectivity index (χ3v) is 11.2. The number of ether oxygens (including phenoxy) is 1. The minimum atomic E-state index is -0.664. The lowest BCUT2D eigenvalue weighted by atomic mass is 10.1. The SMILES string of the molecule is CCCCCCCC/C=C\CCCCCCCC(=O)O.CCCCCCCC/C=C\CCCCCCCC(=O)OC(=O)CCCCCCC/C=C\CCCCCCCC. The van der Waals surface area contributed by atoms with Gasteiger partial charge >= 0.3 is 17.9 Å². The molecule has 0 aliphatic rings. The van der Waals surface area contributed by atoms with E-state index in [-0.39, 0.29) is 11.9 Å². The molecule has 0 aliphatic carbocycles. The van der Waals surface area contributed by atoms with Gasteiger partial charge in [-0.2, -0.15) is 0 Å². The van der Waals surface area contributed by atoms with Crippen molar-refractivity contribution in [2.75, 3.05) is 0 Å². The first-order valence-corrected chi connectivity index (χ1v) is 25.9. The molecule has 0 rings (SSSR count). The summed E-state index contributed by atoms with van der Waals surface area (Å²) < 4.78 is 4.99. The molecule has 0 saturated carbocycles. The molecule has 0 heterocycles. The van der Waals surface area contributed by atoms with Crippen LogP contribution < -0.4 is 0 Å². The number of carboxylic acid groups (broad SMARTS) is 1. The van der Waals surface area contributed by atoms with Crippen LogP contribution in [0.3, 0.4) is 0 Å². The molecule has 0 amide bonds. The van der Waals surface area contributed by atoms with Gasteiger partial charge in [-0.15, -0.1) is 0 Å². The second-order valence-corrected chi connectivity index (χ2v) is 17.2. The van der Waals surface area contributed by atoms with Crippen LogP contribution in [0.1, 0.15) is 290 Å². The lowest BCUT2D eigenvalue weighted by Gasteiger charge is -2.04. The molecule has 59 heavy (non-hydrogen) atoms. The zero-order valence-electron chi connectivity index (χ0n) is 39.7. The molecule has 0 bridgehead atoms. The smallest absolute Gasteiger partial charge is 0.313 e. The average molecular weight is 829 g/mol. The standard InChI is InChI=1S/C36H66O3.C18H34O2/c1-3-5-7-9-11-13-15-17-19-21-23-25-27-29-31-33-35(37)39-36(38)34-32-30-28-26-24-22-20-18-16-14-12-10-8-6-4-2;1-2-3-4-5-6-7-8-9-10-11-12-13-14-15-16-17-18(19)20/h17-20H,3-16,21-34H2,1-2H3;9-10H,2-8,11-17H2,1H3,(H,19,20)/b19-17-,20-18-;10-9-. The van der Waals surface area contributed by atoms with E-state index < -0.39 is 5.97 Å². The summed E-state index contributed by atoms with van der Waals surface area (Å²) in [6.07, 6.45) is 63.5. The summed E-state index contributed by atoms with van der Waals surface area (Å²) in [5.41, 5.74) is 0. The normalized spacial score (nSPS) is 11.5. The van der Waals surface area contributed by atoms with Gasteiger partial charge in [0.2, 0.25) is 0 Å². The molecule has 0 saturated heterocycles. The molecule has 0 radical (unpaired) electrons. The Hall–Kier alpha value is -2.17. The summed E-state index contributed by atoms with van der Waals surface area (Å²) in [5, 5.41) is 8.51. The zero-order valence-corrected chi connectivity index (χ0v) is 39.7. The van der Waals surface area contributed by atoms with Crippen molar-refractivity contribution in [3.05, 3.63) is 36.5 Å². The zero-order chi connectivity index (χ0) is 43.4. The number of allylic oxidation sites excluding steroid dienone is 6. The Labute approximate surface area is 367 Å². The lowest BCUT2D eigenvalue weighted by molar-refractivity contribution is -0.159. The summed E-state index contributed by atoms with van der Waals surface area (Å²) in [7, 11) is 0. The number of unbranched alkanes of at least 4 members (excludes halogenated alkanes) is 33. The molecule has 0 atom stereocenters. The largest absolute Gasteiger partial charge is 0.481 e. The maximum atomic E-state index is 11.9. The van der Waals surface area contributed by atoms with E-state index in [2.05, 4.69) is 57.2 Å². The van der Waals surface area contributed by atoms with Crippen molar-refractivity contribution in [2.24, 2.45) is 0 Å². The summed E-state index contributed by atoms with van der Waals surface area (Å²) in [4.78, 5) is 34.1. The highest BCUT2D eigenvalue weighted by atomic mass is 16.6. The predicted molar refractivity (Wildman–Crippen MR) is 257 cm³/mol. The third-order valence-electron chi connectivity index (χ3n) is 11.2. The van der Waals surface area contributed by atoms with Gasteiger partial charge in [0, 0.05) is 19.3 Å². The van der Waals surface area contributed by atoms with Gasteiger partial charge in [-0.1, -0.05) is 211 Å². The summed E-state index contributed by atoms with van der Waals surface area (Å²) in [5.74, 6) is -1.35. The van der Waals surface area contributed by atoms with Crippen molar-refractivity contribution in [2.45, 2.75) is 290 Å². The Bertz CT molecular complexity index is 900. The monoisotopic (exact) mass is 829 g/mol. The summed E-state index contributed by atoms with van der Waals surface area (Å²) >= 11 is 0. The van der Waals surface area contributed by atoms with Crippen molar-refractivity contribution in [3.8, 4) is 0 Å². The maximum Gasteiger partial charge on any atom is 0.313 e. The molecule has 5 nitrogen and oxygen atoms in total. The van der Waals surface area contributed by atoms with E-state index >= 15 is 0 Å². The van der Waals surface area contributed by atoms with Gasteiger partial charge in [0.1, 0.15) is 0 Å². The molecule has 5 heteroatoms. The van der Waals surface area contributed by atoms with E-state index in [1.54, 1.807) is 0 Å². The van der Waals surface area contributed by atoms with Gasteiger partial charge in [-0.3, -0.25) is 14.4 Å². The van der Waals surface area contributed by atoms with Crippen LogP contribution in [0.4, 0.5) is 0 Å². The van der Waals surface area contributed by atoms with Crippen molar-refractivity contribution < 1.29 is 24.2 Å². The predicted octanol–water partition coefficient (Wildman–Crippen LogP) is 18.2. The first kappa shape index (κ1) is 58.9. The third kappa shape index (κ3) is 58.0. The fourth-order valence-electron chi connectivity index (χ4n) is 7.26. The van der Waals surface area contributed by atoms with Gasteiger partial charge in [0.05, 0.1) is 0 Å². The van der Waals surface area contributed by atoms with Gasteiger partial charge in [-0.25, -0.2) is 0 Å². The minimum absolute atomic E-state index is 0.332. The van der Waals surface area contributed by atoms with E-state index in [9.17, 15) is 14.4 Å². The van der Waals surface area contributed by atoms with Crippen LogP contribution in [0.2, 0.25) is 0 Å². The van der Waals surface area contributed by atoms with Crippen molar-refractivity contribution in [1.29, 1.82) is 0 Å². The van der Waals surface area contributed by atoms with E-state index in [1.807, 2.05) is 0 Å². The number of esters is 2. The molecule has 1 N–H and O–H groups in total. The Morgan fingerprint density at radius 3 is 0.746 bits per heavy atom. The maximum absolute atomic E-state index is 11.9. The average Bonchev–Trinajstić information content (AvgIpc) is 3.22. The molecule has 0 aromatic heterocycles. The second-order valence-electron chi connectivity index (χ2n) is 17.2. The highest BCUT2D eigenvalue weighted by molar-refractivity contribution is 5.85. The van der Waals surface area contributed by atoms with Gasteiger partial charge < -0.3 is 9.84 Å². The second kappa shape index (κ2) is 53.8. The fourth-order valence-corrected chi connectivity index (χ4v) is 7.26. The Morgan fingerprint density at radius 2 is 0.508 bits per heavy atom. The fraction of sp³-hybridized carbons (Fsp3) is 0.833. The van der Waals surface area contributed by atoms with Crippen LogP contribution in [0.25, 0.3) is 0 Å². The molecular weight excluding hydrogens is 729 g/mol. The van der Waals surface area contributed by atoms with Gasteiger partial charge in [-0.05, 0) is 96.3 Å². The summed E-state index contributed by atoms with van der Waals surface area (Å²) in [6.45, 7) is 6.79. The van der Waals surface area contributed by atoms with Crippen molar-refractivity contribution in [1.82, 2.24) is 0 Å². The minimum Gasteiger partial charge on any atom is -0.481 e. The number of rotatable bonds is 45. The molecule has 0 spiro atoms. The van der Waals surface area contributed by atoms with Crippen molar-refractivity contribution >= 4 is 17.9 Å². The molecule has 0 fully saturated rings. The first-order chi connectivity index (χ1) is 29.0. The van der Waals surface area contributed by atoms with E-state index in [0.717, 1.165) is 51.4 Å². The number of carbonyl (C=O) groups is 3. The number of hydrogen-bond acceptors (Lipinski definition) is 4. The van der Waals surface area contributed by atoms with E-state index in [1.165, 1.54) is 199 Å². The Kier molecular flexibility index (Phi) is 53.8. The quantitative estimate of drug-likeness (QED) is 0.0286. The Balaban J connectivity index is 0.